The molecule has 6 nitrogen and oxygen atoms in total. The van der Waals surface area contributed by atoms with Gasteiger partial charge in [0.15, 0.2) is 5.13 Å². The summed E-state index contributed by atoms with van der Waals surface area (Å²) in [6, 6.07) is 9.16. The normalized spacial score (nSPS) is 11.0. The van der Waals surface area contributed by atoms with Crippen LogP contribution in [-0.4, -0.2) is 21.0 Å². The summed E-state index contributed by atoms with van der Waals surface area (Å²) in [6.07, 6.45) is 0. The van der Waals surface area contributed by atoms with Crippen LogP contribution in [0.25, 0.3) is 22.4 Å². The Kier molecular flexibility index (Phi) is 4.18. The van der Waals surface area contributed by atoms with Gasteiger partial charge in [0, 0.05) is 21.7 Å². The second-order valence-corrected chi connectivity index (χ2v) is 7.00. The molecule has 0 saturated carbocycles. The van der Waals surface area contributed by atoms with Gasteiger partial charge in [0.2, 0.25) is 0 Å². The van der Waals surface area contributed by atoms with Gasteiger partial charge in [0.1, 0.15) is 0 Å². The van der Waals surface area contributed by atoms with Crippen molar-refractivity contribution < 1.29 is 9.32 Å². The number of aromatic nitrogens is 3. The number of anilines is 1. The standard InChI is InChI=1S/C18H13ClN4O2S/c1-9-7-12(15-10(2)23-25-17(15)20-9)16(24)22-18-21-14(8-26-18)11-5-3-4-6-13(11)19/h3-8H,1-2H3,(H,21,22,24). The first-order valence-corrected chi connectivity index (χ1v) is 9.04. The Labute approximate surface area is 157 Å². The molecule has 0 unspecified atom stereocenters. The first kappa shape index (κ1) is 16.7. The second-order valence-electron chi connectivity index (χ2n) is 5.73. The fourth-order valence-corrected chi connectivity index (χ4v) is 3.62. The molecule has 26 heavy (non-hydrogen) atoms. The highest BCUT2D eigenvalue weighted by Crippen LogP contribution is 2.31. The monoisotopic (exact) mass is 384 g/mol. The van der Waals surface area contributed by atoms with Gasteiger partial charge < -0.3 is 4.52 Å². The number of nitrogens with zero attached hydrogens (tertiary/aromatic N) is 3. The first-order chi connectivity index (χ1) is 12.5. The highest BCUT2D eigenvalue weighted by molar-refractivity contribution is 7.14. The van der Waals surface area contributed by atoms with E-state index in [9.17, 15) is 4.79 Å². The molecule has 1 N–H and O–H groups in total. The molecule has 4 rings (SSSR count). The van der Waals surface area contributed by atoms with Crippen molar-refractivity contribution in [2.24, 2.45) is 0 Å². The Hall–Kier alpha value is -2.77. The molecule has 8 heteroatoms. The van der Waals surface area contributed by atoms with Gasteiger partial charge in [-0.2, -0.15) is 0 Å². The number of hydrogen-bond donors (Lipinski definition) is 1. The Balaban J connectivity index is 1.66. The van der Waals surface area contributed by atoms with E-state index in [4.69, 9.17) is 16.1 Å². The van der Waals surface area contributed by atoms with Gasteiger partial charge in [0.05, 0.1) is 22.3 Å². The smallest absolute Gasteiger partial charge is 0.258 e. The minimum atomic E-state index is -0.285. The lowest BCUT2D eigenvalue weighted by molar-refractivity contribution is 0.102. The van der Waals surface area contributed by atoms with E-state index in [1.54, 1.807) is 26.0 Å². The third kappa shape index (κ3) is 2.95. The van der Waals surface area contributed by atoms with Crippen molar-refractivity contribution in [3.63, 3.8) is 0 Å². The van der Waals surface area contributed by atoms with E-state index in [1.807, 2.05) is 23.6 Å². The molecule has 0 fully saturated rings. The number of nitrogens with one attached hydrogen (secondary N) is 1. The minimum absolute atomic E-state index is 0.285. The number of pyridine rings is 1. The molecule has 0 atom stereocenters. The Bertz CT molecular complexity index is 1140. The zero-order valence-electron chi connectivity index (χ0n) is 13.9. The molecule has 0 aliphatic heterocycles. The summed E-state index contributed by atoms with van der Waals surface area (Å²) in [7, 11) is 0. The third-order valence-corrected chi connectivity index (χ3v) is 4.95. The van der Waals surface area contributed by atoms with Crippen molar-refractivity contribution in [3.05, 3.63) is 57.7 Å². The maximum Gasteiger partial charge on any atom is 0.258 e. The van der Waals surface area contributed by atoms with E-state index in [0.717, 1.165) is 5.56 Å². The van der Waals surface area contributed by atoms with Crippen LogP contribution < -0.4 is 5.32 Å². The Morgan fingerprint density at radius 1 is 1.23 bits per heavy atom. The highest BCUT2D eigenvalue weighted by atomic mass is 35.5. The van der Waals surface area contributed by atoms with E-state index in [0.29, 0.717) is 43.9 Å². The van der Waals surface area contributed by atoms with Crippen molar-refractivity contribution in [3.8, 4) is 11.3 Å². The van der Waals surface area contributed by atoms with Crippen LogP contribution in [0, 0.1) is 13.8 Å². The number of hydrogen-bond acceptors (Lipinski definition) is 6. The zero-order valence-corrected chi connectivity index (χ0v) is 15.5. The molecule has 3 heterocycles. The topological polar surface area (TPSA) is 80.9 Å². The van der Waals surface area contributed by atoms with E-state index >= 15 is 0 Å². The number of carbonyl (C=O) groups excluding carboxylic acids is 1. The fourth-order valence-electron chi connectivity index (χ4n) is 2.68. The lowest BCUT2D eigenvalue weighted by atomic mass is 10.1. The molecule has 1 aromatic carbocycles. The summed E-state index contributed by atoms with van der Waals surface area (Å²) in [5, 5.41) is 10.3. The Morgan fingerprint density at radius 2 is 2.04 bits per heavy atom. The van der Waals surface area contributed by atoms with Crippen LogP contribution in [0.2, 0.25) is 5.02 Å². The third-order valence-electron chi connectivity index (χ3n) is 3.86. The number of thiazole rings is 1. The summed E-state index contributed by atoms with van der Waals surface area (Å²) in [5.41, 5.74) is 3.64. The van der Waals surface area contributed by atoms with Crippen molar-refractivity contribution in [1.82, 2.24) is 15.1 Å². The van der Waals surface area contributed by atoms with Crippen molar-refractivity contribution in [1.29, 1.82) is 0 Å². The average molecular weight is 385 g/mol. The van der Waals surface area contributed by atoms with Gasteiger partial charge in [-0.3, -0.25) is 10.1 Å². The summed E-state index contributed by atoms with van der Waals surface area (Å²) in [6.45, 7) is 3.57. The van der Waals surface area contributed by atoms with Gasteiger partial charge in [-0.25, -0.2) is 9.97 Å². The van der Waals surface area contributed by atoms with Gasteiger partial charge >= 0.3 is 0 Å². The van der Waals surface area contributed by atoms with Gasteiger partial charge in [-0.1, -0.05) is 35.0 Å². The summed E-state index contributed by atoms with van der Waals surface area (Å²) < 4.78 is 5.18. The summed E-state index contributed by atoms with van der Waals surface area (Å²) in [5.74, 6) is -0.285. The van der Waals surface area contributed by atoms with E-state index in [-0.39, 0.29) is 5.91 Å². The van der Waals surface area contributed by atoms with Crippen molar-refractivity contribution in [2.75, 3.05) is 5.32 Å². The van der Waals surface area contributed by atoms with Crippen LogP contribution in [0.5, 0.6) is 0 Å². The Morgan fingerprint density at radius 3 is 2.85 bits per heavy atom. The number of fused-ring (bicyclic) bond motifs is 1. The summed E-state index contributed by atoms with van der Waals surface area (Å²) in [4.78, 5) is 21.5. The molecule has 0 aliphatic carbocycles. The molecular weight excluding hydrogens is 372 g/mol. The predicted molar refractivity (Wildman–Crippen MR) is 102 cm³/mol. The molecule has 0 aliphatic rings. The molecular formula is C18H13ClN4O2S. The van der Waals surface area contributed by atoms with E-state index in [1.165, 1.54) is 11.3 Å². The van der Waals surface area contributed by atoms with Gasteiger partial charge in [0.25, 0.3) is 11.6 Å². The second kappa shape index (κ2) is 6.51. The number of amides is 1. The maximum atomic E-state index is 12.8. The fraction of sp³-hybridized carbons (Fsp3) is 0.111. The molecule has 1 amide bonds. The number of aryl methyl sites for hydroxylation is 2. The van der Waals surface area contributed by atoms with E-state index in [2.05, 4.69) is 20.4 Å². The zero-order chi connectivity index (χ0) is 18.3. The minimum Gasteiger partial charge on any atom is -0.336 e. The summed E-state index contributed by atoms with van der Waals surface area (Å²) >= 11 is 7.55. The van der Waals surface area contributed by atoms with Gasteiger partial charge in [-0.05, 0) is 26.0 Å². The molecule has 0 bridgehead atoms. The number of carbonyl (C=O) groups is 1. The van der Waals surface area contributed by atoms with Crippen molar-refractivity contribution in [2.45, 2.75) is 13.8 Å². The highest BCUT2D eigenvalue weighted by Gasteiger charge is 2.19. The largest absolute Gasteiger partial charge is 0.336 e. The molecule has 0 saturated heterocycles. The van der Waals surface area contributed by atoms with Crippen LogP contribution in [0.1, 0.15) is 21.7 Å². The number of rotatable bonds is 3. The number of benzene rings is 1. The molecule has 130 valence electrons. The van der Waals surface area contributed by atoms with Crippen LogP contribution in [0.15, 0.2) is 40.2 Å². The van der Waals surface area contributed by atoms with Crippen LogP contribution >= 0.6 is 22.9 Å². The first-order valence-electron chi connectivity index (χ1n) is 7.78. The van der Waals surface area contributed by atoms with Gasteiger partial charge in [-0.15, -0.1) is 11.3 Å². The predicted octanol–water partition coefficient (Wildman–Crippen LogP) is 4.87. The number of halogens is 1. The van der Waals surface area contributed by atoms with Crippen molar-refractivity contribution >= 4 is 45.1 Å². The molecule has 0 spiro atoms. The lowest BCUT2D eigenvalue weighted by Crippen LogP contribution is -2.13. The SMILES string of the molecule is Cc1cc(C(=O)Nc2nc(-c3ccccc3Cl)cs2)c2c(C)noc2n1. The molecule has 4 aromatic rings. The van der Waals surface area contributed by atoms with Crippen LogP contribution in [0.4, 0.5) is 5.13 Å². The average Bonchev–Trinajstić information content (AvgIpc) is 3.22. The van der Waals surface area contributed by atoms with Crippen LogP contribution in [-0.2, 0) is 0 Å². The molecule has 0 radical (unpaired) electrons. The van der Waals surface area contributed by atoms with E-state index < -0.39 is 0 Å². The lowest BCUT2D eigenvalue weighted by Gasteiger charge is -2.04. The molecule has 3 aromatic heterocycles. The maximum absolute atomic E-state index is 12.8. The quantitative estimate of drug-likeness (QED) is 0.545. The van der Waals surface area contributed by atoms with Crippen LogP contribution in [0.3, 0.4) is 0 Å².